The van der Waals surface area contributed by atoms with Crippen molar-refractivity contribution in [3.8, 4) is 0 Å². The van der Waals surface area contributed by atoms with Crippen LogP contribution >= 0.6 is 12.2 Å². The summed E-state index contributed by atoms with van der Waals surface area (Å²) in [6, 6.07) is 4.48. The van der Waals surface area contributed by atoms with E-state index < -0.39 is 15.8 Å². The molecule has 0 saturated carbocycles. The molecule has 1 aromatic carbocycles. The van der Waals surface area contributed by atoms with Gasteiger partial charge >= 0.3 is 5.76 Å². The van der Waals surface area contributed by atoms with Crippen LogP contribution < -0.4 is 10.5 Å². The quantitative estimate of drug-likeness (QED) is 0.822. The van der Waals surface area contributed by atoms with E-state index in [9.17, 15) is 17.2 Å². The van der Waals surface area contributed by atoms with E-state index in [-0.39, 0.29) is 16.2 Å². The van der Waals surface area contributed by atoms with Crippen LogP contribution in [0.2, 0.25) is 0 Å². The van der Waals surface area contributed by atoms with Gasteiger partial charge < -0.3 is 5.73 Å². The van der Waals surface area contributed by atoms with Crippen LogP contribution in [0.5, 0.6) is 0 Å². The molecule has 0 atom stereocenters. The number of halogens is 2. The van der Waals surface area contributed by atoms with Crippen LogP contribution in [0.3, 0.4) is 0 Å². The van der Waals surface area contributed by atoms with E-state index in [4.69, 9.17) is 18.0 Å². The summed E-state index contributed by atoms with van der Waals surface area (Å²) in [7, 11) is -4.72. The molecular formula is C9H10F2N2O2S2. The lowest BCUT2D eigenvalue weighted by Crippen LogP contribution is -2.23. The van der Waals surface area contributed by atoms with Crippen molar-refractivity contribution in [2.24, 2.45) is 5.73 Å². The van der Waals surface area contributed by atoms with E-state index in [0.717, 1.165) is 0 Å². The van der Waals surface area contributed by atoms with Gasteiger partial charge in [0.25, 0.3) is 10.0 Å². The molecule has 4 nitrogen and oxygen atoms in total. The van der Waals surface area contributed by atoms with E-state index in [0.29, 0.717) is 5.56 Å². The molecule has 0 aliphatic carbocycles. The molecule has 1 aromatic rings. The summed E-state index contributed by atoms with van der Waals surface area (Å²) in [6.07, 6.45) is 0. The molecule has 0 radical (unpaired) electrons. The Hall–Kier alpha value is -1.28. The number of hydrogen-bond acceptors (Lipinski definition) is 3. The molecule has 17 heavy (non-hydrogen) atoms. The third-order valence-corrected chi connectivity index (χ3v) is 3.18. The predicted octanol–water partition coefficient (Wildman–Crippen LogP) is 1.59. The van der Waals surface area contributed by atoms with Crippen molar-refractivity contribution in [2.75, 3.05) is 4.72 Å². The molecule has 0 saturated heterocycles. The molecule has 3 N–H and O–H groups in total. The predicted molar refractivity (Wildman–Crippen MR) is 65.6 cm³/mol. The first-order chi connectivity index (χ1) is 7.75. The number of benzene rings is 1. The molecule has 0 unspecified atom stereocenters. The van der Waals surface area contributed by atoms with E-state index in [1.54, 1.807) is 17.7 Å². The van der Waals surface area contributed by atoms with Gasteiger partial charge in [-0.1, -0.05) is 24.4 Å². The van der Waals surface area contributed by atoms with Crippen molar-refractivity contribution in [1.29, 1.82) is 0 Å². The minimum Gasteiger partial charge on any atom is -0.389 e. The fraction of sp³-hybridized carbons (Fsp3) is 0.222. The smallest absolute Gasteiger partial charge is 0.355 e. The van der Waals surface area contributed by atoms with Crippen LogP contribution in [0.4, 0.5) is 14.5 Å². The molecule has 0 aliphatic rings. The minimum atomic E-state index is -4.72. The van der Waals surface area contributed by atoms with Crippen LogP contribution in [-0.4, -0.2) is 19.2 Å². The maximum atomic E-state index is 12.2. The Balaban J connectivity index is 3.25. The third kappa shape index (κ3) is 3.10. The van der Waals surface area contributed by atoms with Crippen molar-refractivity contribution < 1.29 is 17.2 Å². The van der Waals surface area contributed by atoms with E-state index >= 15 is 0 Å². The second-order valence-electron chi connectivity index (χ2n) is 3.27. The Morgan fingerprint density at radius 3 is 2.53 bits per heavy atom. The van der Waals surface area contributed by atoms with Gasteiger partial charge in [0, 0.05) is 5.56 Å². The summed E-state index contributed by atoms with van der Waals surface area (Å²) in [5, 5.41) is 0. The molecule has 0 heterocycles. The van der Waals surface area contributed by atoms with Crippen LogP contribution in [0.1, 0.15) is 11.1 Å². The average molecular weight is 280 g/mol. The van der Waals surface area contributed by atoms with Gasteiger partial charge in [-0.2, -0.15) is 8.78 Å². The van der Waals surface area contributed by atoms with Gasteiger partial charge in [0.05, 0.1) is 5.69 Å². The summed E-state index contributed by atoms with van der Waals surface area (Å²) < 4.78 is 48.3. The standard InChI is InChI=1S/C9H10F2N2O2S2/c1-5-3-2-4-6(7(5)8(12)16)13-17(14,15)9(10)11/h2-4,9,13H,1H3,(H2,12,16). The monoisotopic (exact) mass is 280 g/mol. The van der Waals surface area contributed by atoms with Gasteiger partial charge in [0.2, 0.25) is 0 Å². The van der Waals surface area contributed by atoms with Gasteiger partial charge in [0.15, 0.2) is 0 Å². The van der Waals surface area contributed by atoms with E-state index in [1.165, 1.54) is 12.1 Å². The normalized spacial score (nSPS) is 11.5. The van der Waals surface area contributed by atoms with Gasteiger partial charge in [0.1, 0.15) is 4.99 Å². The Labute approximate surface area is 103 Å². The van der Waals surface area contributed by atoms with Gasteiger partial charge in [-0.05, 0) is 18.6 Å². The van der Waals surface area contributed by atoms with Gasteiger partial charge in [-0.15, -0.1) is 0 Å². The number of sulfonamides is 1. The SMILES string of the molecule is Cc1cccc(NS(=O)(=O)C(F)F)c1C(N)=S. The summed E-state index contributed by atoms with van der Waals surface area (Å²) in [4.78, 5) is -0.0601. The van der Waals surface area contributed by atoms with Gasteiger partial charge in [-0.25, -0.2) is 8.42 Å². The maximum Gasteiger partial charge on any atom is 0.355 e. The summed E-state index contributed by atoms with van der Waals surface area (Å²) in [5.41, 5.74) is 6.22. The molecule has 0 aromatic heterocycles. The highest BCUT2D eigenvalue weighted by atomic mass is 32.2. The zero-order valence-corrected chi connectivity index (χ0v) is 10.4. The average Bonchev–Trinajstić information content (AvgIpc) is 2.15. The first-order valence-electron chi connectivity index (χ1n) is 4.45. The van der Waals surface area contributed by atoms with Crippen molar-refractivity contribution >= 4 is 32.9 Å². The fourth-order valence-corrected chi connectivity index (χ4v) is 2.11. The second kappa shape index (κ2) is 4.92. The van der Waals surface area contributed by atoms with Crippen LogP contribution in [-0.2, 0) is 10.0 Å². The second-order valence-corrected chi connectivity index (χ2v) is 5.36. The van der Waals surface area contributed by atoms with E-state index in [2.05, 4.69) is 0 Å². The Kier molecular flexibility index (Phi) is 3.99. The number of thiocarbonyl (C=S) groups is 1. The van der Waals surface area contributed by atoms with Crippen LogP contribution in [0.15, 0.2) is 18.2 Å². The summed E-state index contributed by atoms with van der Waals surface area (Å²) in [5.74, 6) is -3.51. The lowest BCUT2D eigenvalue weighted by molar-refractivity contribution is 0.236. The number of anilines is 1. The molecule has 0 spiro atoms. The Bertz CT molecular complexity index is 544. The molecular weight excluding hydrogens is 270 g/mol. The van der Waals surface area contributed by atoms with Crippen molar-refractivity contribution in [3.05, 3.63) is 29.3 Å². The van der Waals surface area contributed by atoms with E-state index in [1.807, 2.05) is 0 Å². The lowest BCUT2D eigenvalue weighted by Gasteiger charge is -2.13. The zero-order chi connectivity index (χ0) is 13.2. The summed E-state index contributed by atoms with van der Waals surface area (Å²) >= 11 is 4.75. The minimum absolute atomic E-state index is 0.0437. The lowest BCUT2D eigenvalue weighted by atomic mass is 10.1. The molecule has 8 heteroatoms. The number of hydrogen-bond donors (Lipinski definition) is 2. The first-order valence-corrected chi connectivity index (χ1v) is 6.40. The largest absolute Gasteiger partial charge is 0.389 e. The molecule has 0 fully saturated rings. The number of alkyl halides is 2. The molecule has 0 bridgehead atoms. The van der Waals surface area contributed by atoms with Crippen molar-refractivity contribution in [2.45, 2.75) is 12.7 Å². The van der Waals surface area contributed by atoms with Crippen LogP contribution in [0.25, 0.3) is 0 Å². The molecule has 0 amide bonds. The highest BCUT2D eigenvalue weighted by molar-refractivity contribution is 7.93. The number of nitrogens with one attached hydrogen (secondary N) is 1. The highest BCUT2D eigenvalue weighted by Gasteiger charge is 2.25. The number of nitrogens with two attached hydrogens (primary N) is 1. The summed E-state index contributed by atoms with van der Waals surface area (Å²) in [6.45, 7) is 1.65. The third-order valence-electron chi connectivity index (χ3n) is 2.01. The Morgan fingerprint density at radius 1 is 1.47 bits per heavy atom. The molecule has 1 rings (SSSR count). The number of rotatable bonds is 4. The molecule has 94 valence electrons. The molecule has 0 aliphatic heterocycles. The van der Waals surface area contributed by atoms with Crippen molar-refractivity contribution in [3.63, 3.8) is 0 Å². The van der Waals surface area contributed by atoms with Crippen molar-refractivity contribution in [1.82, 2.24) is 0 Å². The highest BCUT2D eigenvalue weighted by Crippen LogP contribution is 2.22. The maximum absolute atomic E-state index is 12.2. The zero-order valence-electron chi connectivity index (χ0n) is 8.78. The first kappa shape index (κ1) is 13.8. The van der Waals surface area contributed by atoms with Crippen LogP contribution in [0, 0.1) is 6.92 Å². The number of aryl methyl sites for hydroxylation is 1. The Morgan fingerprint density at radius 2 is 2.06 bits per heavy atom. The fourth-order valence-electron chi connectivity index (χ4n) is 1.28. The topological polar surface area (TPSA) is 72.2 Å². The van der Waals surface area contributed by atoms with Gasteiger partial charge in [-0.3, -0.25) is 4.72 Å².